The van der Waals surface area contributed by atoms with Crippen LogP contribution in [0.3, 0.4) is 0 Å². The summed E-state index contributed by atoms with van der Waals surface area (Å²) in [5.41, 5.74) is 0.733. The second-order valence-corrected chi connectivity index (χ2v) is 6.39. The van der Waals surface area contributed by atoms with Gasteiger partial charge in [-0.15, -0.1) is 0 Å². The lowest BCUT2D eigenvalue weighted by atomic mass is 10.2. The summed E-state index contributed by atoms with van der Waals surface area (Å²) in [7, 11) is -2.29. The molecular weight excluding hydrogens is 317 g/mol. The molecule has 2 aromatic carbocycles. The number of methoxy groups -OCH3 is 1. The van der Waals surface area contributed by atoms with E-state index in [0.717, 1.165) is 23.8 Å². The van der Waals surface area contributed by atoms with Gasteiger partial charge in [-0.1, -0.05) is 23.7 Å². The van der Waals surface area contributed by atoms with Crippen molar-refractivity contribution in [1.29, 1.82) is 0 Å². The molecule has 1 N–H and O–H groups in total. The fraction of sp³-hybridized carbons (Fsp3) is 0.143. The molecule has 0 aliphatic rings. The standard InChI is InChI=1S/C14H13ClFNO3S/c1-20-12-4-2-3-10(7-12)9-17-21(18,19)14-6-5-11(16)8-13(14)15/h2-8,17H,9H2,1H3. The van der Waals surface area contributed by atoms with E-state index < -0.39 is 15.8 Å². The summed E-state index contributed by atoms with van der Waals surface area (Å²) in [5.74, 6) is 0.0401. The van der Waals surface area contributed by atoms with Crippen LogP contribution in [0.25, 0.3) is 0 Å². The molecule has 0 aromatic heterocycles. The minimum atomic E-state index is -3.81. The molecule has 0 heterocycles. The van der Waals surface area contributed by atoms with Gasteiger partial charge in [-0.25, -0.2) is 17.5 Å². The number of hydrogen-bond acceptors (Lipinski definition) is 3. The Hall–Kier alpha value is -1.63. The largest absolute Gasteiger partial charge is 0.497 e. The predicted octanol–water partition coefficient (Wildman–Crippen LogP) is 2.97. The van der Waals surface area contributed by atoms with Crippen LogP contribution >= 0.6 is 11.6 Å². The van der Waals surface area contributed by atoms with Crippen molar-refractivity contribution in [3.8, 4) is 5.75 Å². The predicted molar refractivity (Wildman–Crippen MR) is 78.4 cm³/mol. The number of halogens is 2. The summed E-state index contributed by atoms with van der Waals surface area (Å²) in [6.07, 6.45) is 0. The smallest absolute Gasteiger partial charge is 0.242 e. The average molecular weight is 330 g/mol. The highest BCUT2D eigenvalue weighted by Gasteiger charge is 2.18. The molecule has 0 atom stereocenters. The van der Waals surface area contributed by atoms with Crippen molar-refractivity contribution in [2.45, 2.75) is 11.4 Å². The van der Waals surface area contributed by atoms with Gasteiger partial charge >= 0.3 is 0 Å². The van der Waals surface area contributed by atoms with E-state index >= 15 is 0 Å². The average Bonchev–Trinajstić information content (AvgIpc) is 2.45. The maximum atomic E-state index is 13.0. The van der Waals surface area contributed by atoms with Gasteiger partial charge in [0, 0.05) is 6.54 Å². The Labute approximate surface area is 127 Å². The highest BCUT2D eigenvalue weighted by Crippen LogP contribution is 2.22. The van der Waals surface area contributed by atoms with Crippen molar-refractivity contribution in [2.75, 3.05) is 7.11 Å². The highest BCUT2D eigenvalue weighted by molar-refractivity contribution is 7.89. The zero-order valence-electron chi connectivity index (χ0n) is 11.1. The number of ether oxygens (including phenoxy) is 1. The molecule has 2 aromatic rings. The third-order valence-corrected chi connectivity index (χ3v) is 4.67. The second-order valence-electron chi connectivity index (χ2n) is 4.25. The fourth-order valence-electron chi connectivity index (χ4n) is 1.73. The summed E-state index contributed by atoms with van der Waals surface area (Å²) < 4.78 is 44.7. The molecule has 0 aliphatic heterocycles. The Balaban J connectivity index is 2.17. The van der Waals surface area contributed by atoms with Gasteiger partial charge in [-0.05, 0) is 35.9 Å². The summed E-state index contributed by atoms with van der Waals surface area (Å²) in [4.78, 5) is -0.159. The van der Waals surface area contributed by atoms with Gasteiger partial charge in [-0.3, -0.25) is 0 Å². The lowest BCUT2D eigenvalue weighted by Gasteiger charge is -2.09. The minimum Gasteiger partial charge on any atom is -0.497 e. The summed E-state index contributed by atoms with van der Waals surface area (Å²) >= 11 is 5.76. The first-order valence-electron chi connectivity index (χ1n) is 6.00. The first-order chi connectivity index (χ1) is 9.92. The number of nitrogens with one attached hydrogen (secondary N) is 1. The molecule has 112 valence electrons. The topological polar surface area (TPSA) is 55.4 Å². The second kappa shape index (κ2) is 6.43. The van der Waals surface area contributed by atoms with E-state index in [9.17, 15) is 12.8 Å². The number of benzene rings is 2. The molecule has 0 saturated heterocycles. The molecule has 0 bridgehead atoms. The number of sulfonamides is 1. The molecule has 0 amide bonds. The van der Waals surface area contributed by atoms with E-state index in [1.54, 1.807) is 24.3 Å². The Morgan fingerprint density at radius 1 is 1.24 bits per heavy atom. The Morgan fingerprint density at radius 2 is 2.00 bits per heavy atom. The van der Waals surface area contributed by atoms with Crippen LogP contribution in [0.4, 0.5) is 4.39 Å². The van der Waals surface area contributed by atoms with Gasteiger partial charge in [0.05, 0.1) is 12.1 Å². The van der Waals surface area contributed by atoms with Gasteiger partial charge < -0.3 is 4.74 Å². The summed E-state index contributed by atoms with van der Waals surface area (Å²) in [6.45, 7) is 0.0766. The van der Waals surface area contributed by atoms with E-state index in [0.29, 0.717) is 5.75 Å². The molecule has 21 heavy (non-hydrogen) atoms. The van der Waals surface area contributed by atoms with Crippen molar-refractivity contribution in [3.63, 3.8) is 0 Å². The molecule has 2 rings (SSSR count). The van der Waals surface area contributed by atoms with Gasteiger partial charge in [0.25, 0.3) is 0 Å². The maximum Gasteiger partial charge on any atom is 0.242 e. The SMILES string of the molecule is COc1cccc(CNS(=O)(=O)c2ccc(F)cc2Cl)c1. The normalized spacial score (nSPS) is 11.4. The Bertz CT molecular complexity index is 750. The molecular formula is C14H13ClFNO3S. The van der Waals surface area contributed by atoms with Crippen molar-refractivity contribution >= 4 is 21.6 Å². The zero-order valence-corrected chi connectivity index (χ0v) is 12.7. The third-order valence-electron chi connectivity index (χ3n) is 2.78. The van der Waals surface area contributed by atoms with Crippen molar-refractivity contribution in [3.05, 3.63) is 58.9 Å². The highest BCUT2D eigenvalue weighted by atomic mass is 35.5. The monoisotopic (exact) mass is 329 g/mol. The van der Waals surface area contributed by atoms with Gasteiger partial charge in [0.2, 0.25) is 10.0 Å². The first kappa shape index (κ1) is 15.8. The van der Waals surface area contributed by atoms with Crippen molar-refractivity contribution in [1.82, 2.24) is 4.72 Å². The van der Waals surface area contributed by atoms with Crippen LogP contribution in [-0.2, 0) is 16.6 Å². The van der Waals surface area contributed by atoms with Gasteiger partial charge in [-0.2, -0.15) is 0 Å². The third kappa shape index (κ3) is 3.93. The van der Waals surface area contributed by atoms with Crippen molar-refractivity contribution in [2.24, 2.45) is 0 Å². The van der Waals surface area contributed by atoms with Crippen LogP contribution < -0.4 is 9.46 Å². The summed E-state index contributed by atoms with van der Waals surface area (Å²) in [5, 5.41) is -0.159. The van der Waals surface area contributed by atoms with Gasteiger partial charge in [0.15, 0.2) is 0 Å². The first-order valence-corrected chi connectivity index (χ1v) is 7.86. The van der Waals surface area contributed by atoms with Crippen LogP contribution in [0.15, 0.2) is 47.4 Å². The van der Waals surface area contributed by atoms with E-state index in [1.165, 1.54) is 7.11 Å². The van der Waals surface area contributed by atoms with Crippen LogP contribution in [0, 0.1) is 5.82 Å². The summed E-state index contributed by atoms with van der Waals surface area (Å²) in [6, 6.07) is 10.1. The van der Waals surface area contributed by atoms with Crippen LogP contribution in [-0.4, -0.2) is 15.5 Å². The molecule has 0 saturated carbocycles. The zero-order chi connectivity index (χ0) is 15.5. The van der Waals surface area contributed by atoms with E-state index in [2.05, 4.69) is 4.72 Å². The lowest BCUT2D eigenvalue weighted by Crippen LogP contribution is -2.23. The van der Waals surface area contributed by atoms with Crippen LogP contribution in [0.2, 0.25) is 5.02 Å². The van der Waals surface area contributed by atoms with Crippen LogP contribution in [0.5, 0.6) is 5.75 Å². The number of hydrogen-bond donors (Lipinski definition) is 1. The lowest BCUT2D eigenvalue weighted by molar-refractivity contribution is 0.414. The Kier molecular flexibility index (Phi) is 4.82. The van der Waals surface area contributed by atoms with Crippen LogP contribution in [0.1, 0.15) is 5.56 Å². The molecule has 4 nitrogen and oxygen atoms in total. The fourth-order valence-corrected chi connectivity index (χ4v) is 3.28. The van der Waals surface area contributed by atoms with E-state index in [-0.39, 0.29) is 16.5 Å². The molecule has 0 aliphatic carbocycles. The molecule has 0 fully saturated rings. The Morgan fingerprint density at radius 3 is 2.67 bits per heavy atom. The minimum absolute atomic E-state index is 0.0766. The van der Waals surface area contributed by atoms with Gasteiger partial charge in [0.1, 0.15) is 16.5 Å². The van der Waals surface area contributed by atoms with Crippen molar-refractivity contribution < 1.29 is 17.5 Å². The quantitative estimate of drug-likeness (QED) is 0.917. The number of rotatable bonds is 5. The maximum absolute atomic E-state index is 13.0. The molecule has 0 spiro atoms. The van der Waals surface area contributed by atoms with E-state index in [4.69, 9.17) is 16.3 Å². The molecule has 0 unspecified atom stereocenters. The van der Waals surface area contributed by atoms with E-state index in [1.807, 2.05) is 0 Å². The molecule has 7 heteroatoms. The molecule has 0 radical (unpaired) electrons.